The molecule has 0 spiro atoms. The topological polar surface area (TPSA) is 135 Å². The lowest BCUT2D eigenvalue weighted by Gasteiger charge is -2.29. The maximum absolute atomic E-state index is 14.4. The molecule has 3 amide bonds. The fraction of sp³-hybridized carbons (Fsp3) is 0.385. The van der Waals surface area contributed by atoms with E-state index in [9.17, 15) is 23.6 Å². The fourth-order valence-corrected chi connectivity index (χ4v) is 4.65. The maximum Gasteiger partial charge on any atom is 0.270 e. The Morgan fingerprint density at radius 2 is 1.92 bits per heavy atom. The molecular formula is C26H27FN6O5. The minimum atomic E-state index is -0.818. The number of carbonyl (C=O) groups is 4. The molecule has 1 atom stereocenters. The van der Waals surface area contributed by atoms with Gasteiger partial charge in [0.2, 0.25) is 5.91 Å². The summed E-state index contributed by atoms with van der Waals surface area (Å²) >= 11 is 0. The van der Waals surface area contributed by atoms with Crippen LogP contribution in [-0.2, 0) is 22.6 Å². The number of hydrogen-bond donors (Lipinski definition) is 2. The highest BCUT2D eigenvalue weighted by Crippen LogP contribution is 2.24. The predicted octanol–water partition coefficient (Wildman–Crippen LogP) is 1.43. The molecule has 0 unspecified atom stereocenters. The zero-order chi connectivity index (χ0) is 26.8. The van der Waals surface area contributed by atoms with Crippen molar-refractivity contribution in [1.82, 2.24) is 30.1 Å². The molecule has 0 radical (unpaired) electrons. The summed E-state index contributed by atoms with van der Waals surface area (Å²) in [5, 5.41) is 9.22. The fourth-order valence-electron chi connectivity index (χ4n) is 4.65. The first-order chi connectivity index (χ1) is 18.3. The molecular weight excluding hydrogens is 495 g/mol. The Balaban J connectivity index is 1.32. The zero-order valence-corrected chi connectivity index (χ0v) is 20.8. The third kappa shape index (κ3) is 5.20. The van der Waals surface area contributed by atoms with Crippen molar-refractivity contribution in [3.63, 3.8) is 0 Å². The molecule has 12 heteroatoms. The van der Waals surface area contributed by atoms with Crippen molar-refractivity contribution >= 4 is 29.2 Å². The molecule has 0 bridgehead atoms. The highest BCUT2D eigenvalue weighted by Gasteiger charge is 2.26. The van der Waals surface area contributed by atoms with Crippen LogP contribution in [0.15, 0.2) is 30.5 Å². The molecule has 4 heterocycles. The number of nitrogens with zero attached hydrogens (tertiary/aromatic N) is 4. The molecule has 1 saturated heterocycles. The van der Waals surface area contributed by atoms with Gasteiger partial charge in [0.1, 0.15) is 29.8 Å². The Morgan fingerprint density at radius 3 is 2.71 bits per heavy atom. The third-order valence-electron chi connectivity index (χ3n) is 6.63. The molecule has 1 aromatic carbocycles. The van der Waals surface area contributed by atoms with Crippen LogP contribution in [0.2, 0.25) is 0 Å². The second-order valence-electron chi connectivity index (χ2n) is 9.46. The van der Waals surface area contributed by atoms with Crippen LogP contribution in [0.5, 0.6) is 5.75 Å². The molecule has 0 saturated carbocycles. The minimum absolute atomic E-state index is 0.0308. The number of carbonyl (C=O) groups excluding carboxylic acids is 4. The minimum Gasteiger partial charge on any atom is -0.486 e. The Morgan fingerprint density at radius 1 is 1.13 bits per heavy atom. The van der Waals surface area contributed by atoms with Crippen LogP contribution in [0.1, 0.15) is 58.3 Å². The molecule has 0 aliphatic carbocycles. The van der Waals surface area contributed by atoms with Gasteiger partial charge in [0.15, 0.2) is 17.2 Å². The number of ketones is 1. The van der Waals surface area contributed by atoms with E-state index in [1.807, 2.05) is 0 Å². The number of fused-ring (bicyclic) bond motifs is 2. The van der Waals surface area contributed by atoms with Crippen LogP contribution >= 0.6 is 0 Å². The van der Waals surface area contributed by atoms with E-state index < -0.39 is 23.7 Å². The number of piperidine rings is 1. The number of hydrogen-bond acceptors (Lipinski definition) is 7. The summed E-state index contributed by atoms with van der Waals surface area (Å²) in [7, 11) is 0. The average Bonchev–Trinajstić information content (AvgIpc) is 3.31. The molecule has 38 heavy (non-hydrogen) atoms. The predicted molar refractivity (Wildman–Crippen MR) is 132 cm³/mol. The number of ether oxygens (including phenoxy) is 1. The Kier molecular flexibility index (Phi) is 7.03. The van der Waals surface area contributed by atoms with Gasteiger partial charge in [-0.05, 0) is 43.9 Å². The molecule has 2 aliphatic heterocycles. The van der Waals surface area contributed by atoms with Gasteiger partial charge in [-0.1, -0.05) is 6.07 Å². The summed E-state index contributed by atoms with van der Waals surface area (Å²) < 4.78 is 20.8. The van der Waals surface area contributed by atoms with E-state index in [-0.39, 0.29) is 48.3 Å². The van der Waals surface area contributed by atoms with Gasteiger partial charge < -0.3 is 20.3 Å². The number of aromatic nitrogens is 3. The average molecular weight is 523 g/mol. The largest absolute Gasteiger partial charge is 0.486 e. The van der Waals surface area contributed by atoms with Crippen LogP contribution in [0.3, 0.4) is 0 Å². The molecule has 5 rings (SSSR count). The highest BCUT2D eigenvalue weighted by atomic mass is 19.1. The number of likely N-dealkylation sites (tertiary alicyclic amines) is 1. The number of amides is 3. The van der Waals surface area contributed by atoms with Crippen molar-refractivity contribution in [1.29, 1.82) is 0 Å². The number of Topliss-reactive ketones (excluding diaryl/α,β-unsaturated/α-hetero) is 1. The Hall–Kier alpha value is -4.35. The lowest BCUT2D eigenvalue weighted by atomic mass is 10.0. The second-order valence-corrected chi connectivity index (χ2v) is 9.46. The van der Waals surface area contributed by atoms with Crippen LogP contribution in [0.25, 0.3) is 5.65 Å². The van der Waals surface area contributed by atoms with Crippen LogP contribution in [0, 0.1) is 5.82 Å². The Bertz CT molecular complexity index is 1430. The van der Waals surface area contributed by atoms with Gasteiger partial charge in [0, 0.05) is 37.7 Å². The standard InChI is InChI=1S/C26H27FN6O5/c1-15(26(37)32-7-3-2-4-8-32)30-25(36)21-11-20(31-23-19(27)13-29-33(21)23)24(35)28-12-16-5-6-22-17(9-16)10-18(34)14-38-22/h5-6,9,11,13,15H,2-4,7-8,10,12,14H2,1H3,(H,28,35)(H,30,36)/t15-/m0/s1. The van der Waals surface area contributed by atoms with Gasteiger partial charge in [-0.2, -0.15) is 5.10 Å². The monoisotopic (exact) mass is 522 g/mol. The van der Waals surface area contributed by atoms with Crippen molar-refractivity contribution < 1.29 is 28.3 Å². The van der Waals surface area contributed by atoms with Gasteiger partial charge >= 0.3 is 0 Å². The van der Waals surface area contributed by atoms with Gasteiger partial charge in [0.25, 0.3) is 11.8 Å². The summed E-state index contributed by atoms with van der Waals surface area (Å²) in [5.41, 5.74) is 0.860. The normalized spacial score (nSPS) is 15.9. The molecule has 2 N–H and O–H groups in total. The van der Waals surface area contributed by atoms with E-state index in [2.05, 4.69) is 20.7 Å². The molecule has 3 aromatic rings. The summed E-state index contributed by atoms with van der Waals surface area (Å²) in [6.07, 6.45) is 4.06. The van der Waals surface area contributed by atoms with Crippen LogP contribution in [0.4, 0.5) is 4.39 Å². The van der Waals surface area contributed by atoms with Gasteiger partial charge in [0.05, 0.1) is 6.20 Å². The van der Waals surface area contributed by atoms with Crippen molar-refractivity contribution in [2.45, 2.75) is 45.2 Å². The smallest absolute Gasteiger partial charge is 0.270 e. The van der Waals surface area contributed by atoms with Crippen LogP contribution in [-0.4, -0.2) is 68.7 Å². The van der Waals surface area contributed by atoms with E-state index in [4.69, 9.17) is 4.74 Å². The highest BCUT2D eigenvalue weighted by molar-refractivity contribution is 6.00. The van der Waals surface area contributed by atoms with Gasteiger partial charge in [-0.3, -0.25) is 19.2 Å². The van der Waals surface area contributed by atoms with E-state index in [1.54, 1.807) is 30.0 Å². The number of rotatable bonds is 6. The lowest BCUT2D eigenvalue weighted by molar-refractivity contribution is -0.133. The van der Waals surface area contributed by atoms with Crippen molar-refractivity contribution in [2.24, 2.45) is 0 Å². The zero-order valence-electron chi connectivity index (χ0n) is 20.8. The van der Waals surface area contributed by atoms with Crippen molar-refractivity contribution in [3.8, 4) is 5.75 Å². The van der Waals surface area contributed by atoms with E-state index in [0.717, 1.165) is 41.1 Å². The van der Waals surface area contributed by atoms with Gasteiger partial charge in [-0.25, -0.2) is 13.9 Å². The van der Waals surface area contributed by atoms with Crippen molar-refractivity contribution in [3.05, 3.63) is 58.8 Å². The number of halogens is 1. The number of nitrogens with one attached hydrogen (secondary N) is 2. The quantitative estimate of drug-likeness (QED) is 0.500. The van der Waals surface area contributed by atoms with E-state index in [0.29, 0.717) is 18.8 Å². The summed E-state index contributed by atoms with van der Waals surface area (Å²) in [5.74, 6) is -1.73. The molecule has 198 valence electrons. The molecule has 2 aromatic heterocycles. The summed E-state index contributed by atoms with van der Waals surface area (Å²) in [6.45, 7) is 3.02. The summed E-state index contributed by atoms with van der Waals surface area (Å²) in [6, 6.07) is 5.67. The second kappa shape index (κ2) is 10.6. The van der Waals surface area contributed by atoms with E-state index >= 15 is 0 Å². The first-order valence-electron chi connectivity index (χ1n) is 12.5. The summed E-state index contributed by atoms with van der Waals surface area (Å²) in [4.78, 5) is 56.3. The third-order valence-corrected chi connectivity index (χ3v) is 6.63. The molecule has 11 nitrogen and oxygen atoms in total. The SMILES string of the molecule is C[C@H](NC(=O)c1cc(C(=O)NCc2ccc3c(c2)CC(=O)CO3)nc2c(F)cnn12)C(=O)N1CCCCC1. The van der Waals surface area contributed by atoms with Gasteiger partial charge in [-0.15, -0.1) is 0 Å². The molecule has 1 fully saturated rings. The van der Waals surface area contributed by atoms with E-state index in [1.165, 1.54) is 6.07 Å². The molecule has 2 aliphatic rings. The first-order valence-corrected chi connectivity index (χ1v) is 12.5. The number of benzene rings is 1. The Labute approximate surface area is 217 Å². The van der Waals surface area contributed by atoms with Crippen LogP contribution < -0.4 is 15.4 Å². The first kappa shape index (κ1) is 25.3. The maximum atomic E-state index is 14.4. The van der Waals surface area contributed by atoms with Crippen molar-refractivity contribution in [2.75, 3.05) is 19.7 Å². The lowest BCUT2D eigenvalue weighted by Crippen LogP contribution is -2.48.